The van der Waals surface area contributed by atoms with Gasteiger partial charge in [-0.3, -0.25) is 0 Å². The highest BCUT2D eigenvalue weighted by Crippen LogP contribution is 2.04. The van der Waals surface area contributed by atoms with E-state index in [2.05, 4.69) is 6.58 Å². The number of aliphatic hydroxyl groups is 1. The van der Waals surface area contributed by atoms with E-state index in [9.17, 15) is 0 Å². The van der Waals surface area contributed by atoms with Gasteiger partial charge in [0.2, 0.25) is 0 Å². The number of hydrogen-bond donors (Lipinski definition) is 1. The van der Waals surface area contributed by atoms with E-state index >= 15 is 0 Å². The predicted octanol–water partition coefficient (Wildman–Crippen LogP) is 2.14. The van der Waals surface area contributed by atoms with Crippen molar-refractivity contribution < 1.29 is 9.84 Å². The SMILES string of the molecule is C=C(COCc1ccccc1)[C@@H](C)O. The van der Waals surface area contributed by atoms with Gasteiger partial charge in [-0.1, -0.05) is 36.9 Å². The van der Waals surface area contributed by atoms with E-state index in [4.69, 9.17) is 9.84 Å². The maximum Gasteiger partial charge on any atom is 0.0741 e. The molecule has 1 N–H and O–H groups in total. The lowest BCUT2D eigenvalue weighted by atomic mass is 10.2. The number of benzene rings is 1. The summed E-state index contributed by atoms with van der Waals surface area (Å²) in [6.45, 7) is 6.37. The van der Waals surface area contributed by atoms with Gasteiger partial charge in [0.1, 0.15) is 0 Å². The molecule has 0 fully saturated rings. The first-order valence-corrected chi connectivity index (χ1v) is 4.67. The van der Waals surface area contributed by atoms with Crippen molar-refractivity contribution in [1.29, 1.82) is 0 Å². The third kappa shape index (κ3) is 3.73. The molecule has 0 spiro atoms. The number of aliphatic hydroxyl groups excluding tert-OH is 1. The Balaban J connectivity index is 2.26. The average molecular weight is 192 g/mol. The van der Waals surface area contributed by atoms with E-state index in [1.807, 2.05) is 30.3 Å². The van der Waals surface area contributed by atoms with Crippen LogP contribution < -0.4 is 0 Å². The van der Waals surface area contributed by atoms with E-state index in [-0.39, 0.29) is 0 Å². The van der Waals surface area contributed by atoms with Crippen molar-refractivity contribution in [2.45, 2.75) is 19.6 Å². The molecule has 2 heteroatoms. The molecule has 0 radical (unpaired) electrons. The standard InChI is InChI=1S/C12H16O2/c1-10(11(2)13)8-14-9-12-6-4-3-5-7-12/h3-7,11,13H,1,8-9H2,2H3/t11-/m1/s1. The highest BCUT2D eigenvalue weighted by atomic mass is 16.5. The third-order valence-electron chi connectivity index (χ3n) is 1.99. The Bertz CT molecular complexity index is 278. The van der Waals surface area contributed by atoms with E-state index in [1.165, 1.54) is 0 Å². The summed E-state index contributed by atoms with van der Waals surface area (Å²) < 4.78 is 5.38. The first kappa shape index (κ1) is 11.0. The van der Waals surface area contributed by atoms with Gasteiger partial charge in [0.15, 0.2) is 0 Å². The zero-order chi connectivity index (χ0) is 10.4. The van der Waals surface area contributed by atoms with Crippen molar-refractivity contribution in [1.82, 2.24) is 0 Å². The number of hydrogen-bond acceptors (Lipinski definition) is 2. The quantitative estimate of drug-likeness (QED) is 0.724. The molecule has 1 rings (SSSR count). The van der Waals surface area contributed by atoms with Crippen molar-refractivity contribution >= 4 is 0 Å². The molecule has 14 heavy (non-hydrogen) atoms. The van der Waals surface area contributed by atoms with E-state index < -0.39 is 6.10 Å². The smallest absolute Gasteiger partial charge is 0.0741 e. The first-order chi connectivity index (χ1) is 6.70. The van der Waals surface area contributed by atoms with Crippen LogP contribution in [0.3, 0.4) is 0 Å². The Hall–Kier alpha value is -1.12. The molecule has 0 aliphatic carbocycles. The van der Waals surface area contributed by atoms with Gasteiger partial charge < -0.3 is 9.84 Å². The molecule has 0 bridgehead atoms. The van der Waals surface area contributed by atoms with Gasteiger partial charge in [-0.25, -0.2) is 0 Å². The average Bonchev–Trinajstić information content (AvgIpc) is 2.19. The molecule has 0 heterocycles. The molecule has 0 aliphatic heterocycles. The second kappa shape index (κ2) is 5.58. The Morgan fingerprint density at radius 3 is 2.64 bits per heavy atom. The van der Waals surface area contributed by atoms with Crippen molar-refractivity contribution in [2.24, 2.45) is 0 Å². The highest BCUT2D eigenvalue weighted by Gasteiger charge is 2.01. The maximum absolute atomic E-state index is 9.14. The zero-order valence-corrected chi connectivity index (χ0v) is 8.44. The van der Waals surface area contributed by atoms with Crippen LogP contribution in [0.5, 0.6) is 0 Å². The largest absolute Gasteiger partial charge is 0.389 e. The molecular weight excluding hydrogens is 176 g/mol. The summed E-state index contributed by atoms with van der Waals surface area (Å²) in [6.07, 6.45) is -0.495. The second-order valence-electron chi connectivity index (χ2n) is 3.31. The molecule has 0 unspecified atom stereocenters. The van der Waals surface area contributed by atoms with Gasteiger partial charge >= 0.3 is 0 Å². The van der Waals surface area contributed by atoms with E-state index in [0.29, 0.717) is 18.8 Å². The molecule has 1 aromatic rings. The lowest BCUT2D eigenvalue weighted by Gasteiger charge is -2.09. The molecular formula is C12H16O2. The summed E-state index contributed by atoms with van der Waals surface area (Å²) in [7, 11) is 0. The fourth-order valence-electron chi connectivity index (χ4n) is 0.995. The van der Waals surface area contributed by atoms with Crippen LogP contribution in [0.25, 0.3) is 0 Å². The van der Waals surface area contributed by atoms with Gasteiger partial charge in [0, 0.05) is 0 Å². The van der Waals surface area contributed by atoms with Crippen LogP contribution in [0.4, 0.5) is 0 Å². The Morgan fingerprint density at radius 1 is 1.43 bits per heavy atom. The number of rotatable bonds is 5. The van der Waals surface area contributed by atoms with Crippen LogP contribution in [0.2, 0.25) is 0 Å². The first-order valence-electron chi connectivity index (χ1n) is 4.67. The summed E-state index contributed by atoms with van der Waals surface area (Å²) in [5, 5.41) is 9.14. The topological polar surface area (TPSA) is 29.5 Å². The summed E-state index contributed by atoms with van der Waals surface area (Å²) in [6, 6.07) is 9.93. The molecule has 0 aliphatic rings. The fraction of sp³-hybridized carbons (Fsp3) is 0.333. The van der Waals surface area contributed by atoms with E-state index in [0.717, 1.165) is 5.56 Å². The Kier molecular flexibility index (Phi) is 4.36. The van der Waals surface area contributed by atoms with Crippen molar-refractivity contribution in [3.63, 3.8) is 0 Å². The second-order valence-corrected chi connectivity index (χ2v) is 3.31. The van der Waals surface area contributed by atoms with Crippen molar-refractivity contribution in [3.05, 3.63) is 48.0 Å². The minimum Gasteiger partial charge on any atom is -0.389 e. The summed E-state index contributed by atoms with van der Waals surface area (Å²) in [4.78, 5) is 0. The molecule has 0 saturated carbocycles. The van der Waals surface area contributed by atoms with Crippen LogP contribution in [-0.2, 0) is 11.3 Å². The van der Waals surface area contributed by atoms with Gasteiger partial charge in [-0.2, -0.15) is 0 Å². The maximum atomic E-state index is 9.14. The Morgan fingerprint density at radius 2 is 2.07 bits per heavy atom. The molecule has 0 amide bonds. The lowest BCUT2D eigenvalue weighted by Crippen LogP contribution is -2.09. The van der Waals surface area contributed by atoms with Crippen LogP contribution in [0.15, 0.2) is 42.5 Å². The van der Waals surface area contributed by atoms with Gasteiger partial charge in [0.05, 0.1) is 19.3 Å². The zero-order valence-electron chi connectivity index (χ0n) is 8.44. The van der Waals surface area contributed by atoms with Crippen LogP contribution in [0.1, 0.15) is 12.5 Å². The molecule has 2 nitrogen and oxygen atoms in total. The van der Waals surface area contributed by atoms with Gasteiger partial charge in [-0.05, 0) is 18.1 Å². The van der Waals surface area contributed by atoms with Crippen LogP contribution >= 0.6 is 0 Å². The van der Waals surface area contributed by atoms with Gasteiger partial charge in [-0.15, -0.1) is 0 Å². The fourth-order valence-corrected chi connectivity index (χ4v) is 0.995. The van der Waals surface area contributed by atoms with Crippen molar-refractivity contribution in [3.8, 4) is 0 Å². The monoisotopic (exact) mass is 192 g/mol. The lowest BCUT2D eigenvalue weighted by molar-refractivity contribution is 0.121. The summed E-state index contributed by atoms with van der Waals surface area (Å²) in [5.74, 6) is 0. The molecule has 0 aromatic heterocycles. The highest BCUT2D eigenvalue weighted by molar-refractivity contribution is 5.13. The minimum atomic E-state index is -0.495. The normalized spacial score (nSPS) is 12.4. The predicted molar refractivity (Wildman–Crippen MR) is 56.9 cm³/mol. The number of ether oxygens (including phenoxy) is 1. The molecule has 1 atom stereocenters. The third-order valence-corrected chi connectivity index (χ3v) is 1.99. The van der Waals surface area contributed by atoms with E-state index in [1.54, 1.807) is 6.92 Å². The minimum absolute atomic E-state index is 0.409. The summed E-state index contributed by atoms with van der Waals surface area (Å²) in [5.41, 5.74) is 1.84. The van der Waals surface area contributed by atoms with Crippen LogP contribution in [0, 0.1) is 0 Å². The Labute approximate surface area is 84.8 Å². The molecule has 76 valence electrons. The summed E-state index contributed by atoms with van der Waals surface area (Å²) >= 11 is 0. The van der Waals surface area contributed by atoms with Gasteiger partial charge in [0.25, 0.3) is 0 Å². The van der Waals surface area contributed by atoms with Crippen molar-refractivity contribution in [2.75, 3.05) is 6.61 Å². The van der Waals surface area contributed by atoms with Crippen LogP contribution in [-0.4, -0.2) is 17.8 Å². The molecule has 1 aromatic carbocycles. The molecule has 0 saturated heterocycles.